The summed E-state index contributed by atoms with van der Waals surface area (Å²) in [5.74, 6) is 0.757. The normalized spacial score (nSPS) is 16.3. The summed E-state index contributed by atoms with van der Waals surface area (Å²) < 4.78 is 2.58. The van der Waals surface area contributed by atoms with Gasteiger partial charge in [0.05, 0.1) is 10.5 Å². The molecule has 0 saturated carbocycles. The molecule has 2 rings (SSSR count). The number of amides is 1. The van der Waals surface area contributed by atoms with Gasteiger partial charge in [0, 0.05) is 26.3 Å². The van der Waals surface area contributed by atoms with Crippen molar-refractivity contribution in [2.75, 3.05) is 18.4 Å². The molecular formula is C8H11BrN4O2. The van der Waals surface area contributed by atoms with Crippen LogP contribution in [-0.4, -0.2) is 45.0 Å². The van der Waals surface area contributed by atoms with Crippen LogP contribution >= 0.6 is 15.9 Å². The number of carbonyl (C=O) groups is 1. The van der Waals surface area contributed by atoms with Crippen LogP contribution in [0.5, 0.6) is 0 Å². The fourth-order valence-electron chi connectivity index (χ4n) is 1.48. The average molecular weight is 275 g/mol. The van der Waals surface area contributed by atoms with Crippen LogP contribution < -0.4 is 5.32 Å². The standard InChI is InChI=1S/C8H11BrN4O2/c1-12-4-6(9)7(11-12)10-5-2-13(3-5)8(14)15/h4-5H,2-3H2,1H3,(H,10,11)(H,14,15). The van der Waals surface area contributed by atoms with Gasteiger partial charge < -0.3 is 15.3 Å². The van der Waals surface area contributed by atoms with E-state index in [1.165, 1.54) is 4.90 Å². The molecule has 82 valence electrons. The first kappa shape index (κ1) is 10.3. The molecule has 1 amide bonds. The predicted octanol–water partition coefficient (Wildman–Crippen LogP) is 0.957. The lowest BCUT2D eigenvalue weighted by atomic mass is 10.1. The van der Waals surface area contributed by atoms with Crippen molar-refractivity contribution in [3.63, 3.8) is 0 Å². The molecule has 1 fully saturated rings. The summed E-state index contributed by atoms with van der Waals surface area (Å²) in [7, 11) is 1.83. The zero-order valence-electron chi connectivity index (χ0n) is 8.14. The van der Waals surface area contributed by atoms with Crippen LogP contribution in [-0.2, 0) is 7.05 Å². The van der Waals surface area contributed by atoms with E-state index in [4.69, 9.17) is 5.11 Å². The number of hydrogen-bond acceptors (Lipinski definition) is 3. The highest BCUT2D eigenvalue weighted by Gasteiger charge is 2.30. The van der Waals surface area contributed by atoms with E-state index in [0.717, 1.165) is 10.3 Å². The number of anilines is 1. The van der Waals surface area contributed by atoms with E-state index in [1.807, 2.05) is 13.2 Å². The summed E-state index contributed by atoms with van der Waals surface area (Å²) in [5, 5.41) is 16.0. The Labute approximate surface area is 95.0 Å². The molecular weight excluding hydrogens is 264 g/mol. The number of hydrogen-bond donors (Lipinski definition) is 2. The van der Waals surface area contributed by atoms with Crippen molar-refractivity contribution < 1.29 is 9.90 Å². The molecule has 15 heavy (non-hydrogen) atoms. The number of rotatable bonds is 2. The van der Waals surface area contributed by atoms with Crippen molar-refractivity contribution >= 4 is 27.8 Å². The number of aryl methyl sites for hydroxylation is 1. The molecule has 1 aromatic rings. The van der Waals surface area contributed by atoms with E-state index in [9.17, 15) is 4.79 Å². The fraction of sp³-hybridized carbons (Fsp3) is 0.500. The van der Waals surface area contributed by atoms with Crippen LogP contribution in [0.1, 0.15) is 0 Å². The molecule has 1 saturated heterocycles. The molecule has 1 aromatic heterocycles. The first-order valence-electron chi connectivity index (χ1n) is 4.50. The Balaban J connectivity index is 1.90. The Morgan fingerprint density at radius 3 is 2.87 bits per heavy atom. The SMILES string of the molecule is Cn1cc(Br)c(NC2CN(C(=O)O)C2)n1. The maximum Gasteiger partial charge on any atom is 0.407 e. The lowest BCUT2D eigenvalue weighted by Crippen LogP contribution is -2.56. The van der Waals surface area contributed by atoms with Crippen molar-refractivity contribution in [2.45, 2.75) is 6.04 Å². The highest BCUT2D eigenvalue weighted by atomic mass is 79.9. The second kappa shape index (κ2) is 3.73. The van der Waals surface area contributed by atoms with Gasteiger partial charge in [-0.05, 0) is 15.9 Å². The highest BCUT2D eigenvalue weighted by molar-refractivity contribution is 9.10. The Kier molecular flexibility index (Phi) is 2.56. The van der Waals surface area contributed by atoms with Crippen molar-refractivity contribution in [3.05, 3.63) is 10.7 Å². The van der Waals surface area contributed by atoms with Gasteiger partial charge in [0.25, 0.3) is 0 Å². The van der Waals surface area contributed by atoms with Crippen molar-refractivity contribution in [1.29, 1.82) is 0 Å². The fourth-order valence-corrected chi connectivity index (χ4v) is 1.97. The molecule has 0 unspecified atom stereocenters. The molecule has 0 aliphatic carbocycles. The minimum atomic E-state index is -0.867. The van der Waals surface area contributed by atoms with E-state index < -0.39 is 6.09 Å². The van der Waals surface area contributed by atoms with E-state index in [1.54, 1.807) is 4.68 Å². The van der Waals surface area contributed by atoms with Crippen LogP contribution in [0.3, 0.4) is 0 Å². The van der Waals surface area contributed by atoms with Gasteiger partial charge in [-0.25, -0.2) is 4.79 Å². The second-order valence-corrected chi connectivity index (χ2v) is 4.38. The summed E-state index contributed by atoms with van der Waals surface area (Å²) in [4.78, 5) is 11.9. The van der Waals surface area contributed by atoms with Gasteiger partial charge >= 0.3 is 6.09 Å². The van der Waals surface area contributed by atoms with Crippen LogP contribution in [0.4, 0.5) is 10.6 Å². The number of nitrogens with one attached hydrogen (secondary N) is 1. The lowest BCUT2D eigenvalue weighted by Gasteiger charge is -2.37. The minimum absolute atomic E-state index is 0.160. The molecule has 2 N–H and O–H groups in total. The molecule has 0 spiro atoms. The van der Waals surface area contributed by atoms with Crippen molar-refractivity contribution in [3.8, 4) is 0 Å². The lowest BCUT2D eigenvalue weighted by molar-refractivity contribution is 0.111. The third-order valence-electron chi connectivity index (χ3n) is 2.28. The van der Waals surface area contributed by atoms with E-state index in [-0.39, 0.29) is 6.04 Å². The molecule has 6 nitrogen and oxygen atoms in total. The molecule has 0 atom stereocenters. The molecule has 7 heteroatoms. The van der Waals surface area contributed by atoms with Crippen LogP contribution in [0, 0.1) is 0 Å². The third-order valence-corrected chi connectivity index (χ3v) is 2.86. The second-order valence-electron chi connectivity index (χ2n) is 3.53. The molecule has 0 bridgehead atoms. The van der Waals surface area contributed by atoms with Crippen LogP contribution in [0.2, 0.25) is 0 Å². The zero-order chi connectivity index (χ0) is 11.0. The number of nitrogens with zero attached hydrogens (tertiary/aromatic N) is 3. The summed E-state index contributed by atoms with van der Waals surface area (Å²) >= 11 is 3.37. The first-order chi connectivity index (χ1) is 7.06. The largest absolute Gasteiger partial charge is 0.465 e. The minimum Gasteiger partial charge on any atom is -0.465 e. The van der Waals surface area contributed by atoms with Crippen molar-refractivity contribution in [2.24, 2.45) is 7.05 Å². The van der Waals surface area contributed by atoms with Gasteiger partial charge in [-0.3, -0.25) is 4.68 Å². The summed E-state index contributed by atoms with van der Waals surface area (Å²) in [5.41, 5.74) is 0. The van der Waals surface area contributed by atoms with E-state index >= 15 is 0 Å². The maximum absolute atomic E-state index is 10.5. The quantitative estimate of drug-likeness (QED) is 0.843. The van der Waals surface area contributed by atoms with Gasteiger partial charge in [-0.1, -0.05) is 0 Å². The summed E-state index contributed by atoms with van der Waals surface area (Å²) in [6.07, 6.45) is 0.976. The van der Waals surface area contributed by atoms with Crippen LogP contribution in [0.25, 0.3) is 0 Å². The molecule has 0 aromatic carbocycles. The van der Waals surface area contributed by atoms with Gasteiger partial charge in [0.15, 0.2) is 5.82 Å². The molecule has 1 aliphatic heterocycles. The van der Waals surface area contributed by atoms with E-state index in [2.05, 4.69) is 26.3 Å². The Morgan fingerprint density at radius 1 is 1.73 bits per heavy atom. The molecule has 2 heterocycles. The Bertz CT molecular complexity index is 386. The Hall–Kier alpha value is -1.24. The van der Waals surface area contributed by atoms with Gasteiger partial charge in [-0.2, -0.15) is 5.10 Å². The topological polar surface area (TPSA) is 70.4 Å². The van der Waals surface area contributed by atoms with Gasteiger partial charge in [0.2, 0.25) is 0 Å². The average Bonchev–Trinajstić information content (AvgIpc) is 2.36. The molecule has 1 aliphatic rings. The van der Waals surface area contributed by atoms with Gasteiger partial charge in [0.1, 0.15) is 0 Å². The predicted molar refractivity (Wildman–Crippen MR) is 57.9 cm³/mol. The third kappa shape index (κ3) is 2.06. The van der Waals surface area contributed by atoms with E-state index in [0.29, 0.717) is 13.1 Å². The monoisotopic (exact) mass is 274 g/mol. The number of likely N-dealkylation sites (tertiary alicyclic amines) is 1. The van der Waals surface area contributed by atoms with Crippen molar-refractivity contribution in [1.82, 2.24) is 14.7 Å². The molecule has 0 radical (unpaired) electrons. The number of carboxylic acid groups (broad SMARTS) is 1. The first-order valence-corrected chi connectivity index (χ1v) is 5.29. The van der Waals surface area contributed by atoms with Crippen LogP contribution in [0.15, 0.2) is 10.7 Å². The van der Waals surface area contributed by atoms with Gasteiger partial charge in [-0.15, -0.1) is 0 Å². The zero-order valence-corrected chi connectivity index (χ0v) is 9.73. The summed E-state index contributed by atoms with van der Waals surface area (Å²) in [6, 6.07) is 0.160. The summed E-state index contributed by atoms with van der Waals surface area (Å²) in [6.45, 7) is 1.02. The number of aromatic nitrogens is 2. The highest BCUT2D eigenvalue weighted by Crippen LogP contribution is 2.22. The maximum atomic E-state index is 10.5. The number of halogens is 1. The smallest absolute Gasteiger partial charge is 0.407 e. The Morgan fingerprint density at radius 2 is 2.40 bits per heavy atom.